The van der Waals surface area contributed by atoms with Gasteiger partial charge < -0.3 is 10.1 Å². The largest absolute Gasteiger partial charge is 0.494 e. The van der Waals surface area contributed by atoms with E-state index in [1.807, 2.05) is 29.9 Å². The quantitative estimate of drug-likeness (QED) is 0.533. The summed E-state index contributed by atoms with van der Waals surface area (Å²) in [5.41, 5.74) is 1.75. The van der Waals surface area contributed by atoms with E-state index in [0.29, 0.717) is 24.5 Å². The molecule has 0 saturated heterocycles. The van der Waals surface area contributed by atoms with Crippen LogP contribution in [0.4, 0.5) is 5.82 Å². The maximum atomic E-state index is 12.4. The van der Waals surface area contributed by atoms with Crippen LogP contribution >= 0.6 is 0 Å². The molecule has 0 aliphatic carbocycles. The van der Waals surface area contributed by atoms with E-state index in [1.54, 1.807) is 30.3 Å². The molecular formula is C23H21N3O2. The van der Waals surface area contributed by atoms with Crippen LogP contribution in [0.2, 0.25) is 0 Å². The molecule has 1 amide bonds. The molecule has 28 heavy (non-hydrogen) atoms. The summed E-state index contributed by atoms with van der Waals surface area (Å²) in [6, 6.07) is 23.4. The van der Waals surface area contributed by atoms with E-state index in [1.165, 1.54) is 16.3 Å². The standard InChI is InChI=1S/C23H21N3O2/c1-2-28-20-12-10-18(11-13-20)23(27)24-22-14-15-26(25-22)16-19-8-5-7-17-6-3-4-9-21(17)19/h3-15H,2,16H2,1H3,(H,24,25,27). The number of ether oxygens (including phenoxy) is 1. The maximum absolute atomic E-state index is 12.4. The molecule has 0 unspecified atom stereocenters. The number of carbonyl (C=O) groups excluding carboxylic acids is 1. The Bertz CT molecular complexity index is 1100. The Labute approximate surface area is 163 Å². The van der Waals surface area contributed by atoms with Crippen molar-refractivity contribution in [1.82, 2.24) is 9.78 Å². The van der Waals surface area contributed by atoms with Crippen molar-refractivity contribution in [3.63, 3.8) is 0 Å². The van der Waals surface area contributed by atoms with Crippen molar-refractivity contribution in [3.05, 3.63) is 90.1 Å². The molecule has 0 radical (unpaired) electrons. The van der Waals surface area contributed by atoms with E-state index < -0.39 is 0 Å². The summed E-state index contributed by atoms with van der Waals surface area (Å²) in [5.74, 6) is 1.08. The monoisotopic (exact) mass is 371 g/mol. The molecule has 1 N–H and O–H groups in total. The number of rotatable bonds is 6. The van der Waals surface area contributed by atoms with Crippen LogP contribution in [0.3, 0.4) is 0 Å². The Hall–Kier alpha value is -3.60. The average molecular weight is 371 g/mol. The Balaban J connectivity index is 1.46. The zero-order valence-electron chi connectivity index (χ0n) is 15.6. The first kappa shape index (κ1) is 17.8. The molecule has 0 bridgehead atoms. The normalized spacial score (nSPS) is 10.8. The van der Waals surface area contributed by atoms with E-state index in [-0.39, 0.29) is 5.91 Å². The van der Waals surface area contributed by atoms with Gasteiger partial charge in [0.1, 0.15) is 5.75 Å². The lowest BCUT2D eigenvalue weighted by Crippen LogP contribution is -2.12. The molecule has 5 nitrogen and oxygen atoms in total. The molecule has 1 aromatic heterocycles. The predicted molar refractivity (Wildman–Crippen MR) is 111 cm³/mol. The van der Waals surface area contributed by atoms with Gasteiger partial charge in [0.15, 0.2) is 5.82 Å². The fraction of sp³-hybridized carbons (Fsp3) is 0.130. The number of amides is 1. The number of carbonyl (C=O) groups is 1. The fourth-order valence-corrected chi connectivity index (χ4v) is 3.18. The number of fused-ring (bicyclic) bond motifs is 1. The minimum absolute atomic E-state index is 0.196. The number of hydrogen-bond donors (Lipinski definition) is 1. The maximum Gasteiger partial charge on any atom is 0.256 e. The van der Waals surface area contributed by atoms with Crippen LogP contribution in [0, 0.1) is 0 Å². The summed E-state index contributed by atoms with van der Waals surface area (Å²) < 4.78 is 7.23. The third-order valence-electron chi connectivity index (χ3n) is 4.52. The minimum atomic E-state index is -0.196. The summed E-state index contributed by atoms with van der Waals surface area (Å²) in [4.78, 5) is 12.4. The van der Waals surface area contributed by atoms with E-state index in [4.69, 9.17) is 4.74 Å². The first-order valence-corrected chi connectivity index (χ1v) is 9.27. The van der Waals surface area contributed by atoms with Crippen LogP contribution in [0.1, 0.15) is 22.8 Å². The molecule has 5 heteroatoms. The van der Waals surface area contributed by atoms with Crippen molar-refractivity contribution in [3.8, 4) is 5.75 Å². The molecule has 0 spiro atoms. The molecule has 4 aromatic rings. The van der Waals surface area contributed by atoms with Crippen molar-refractivity contribution in [2.75, 3.05) is 11.9 Å². The van der Waals surface area contributed by atoms with E-state index in [0.717, 1.165) is 5.75 Å². The molecule has 1 heterocycles. The van der Waals surface area contributed by atoms with E-state index in [9.17, 15) is 4.79 Å². The second kappa shape index (κ2) is 7.96. The van der Waals surface area contributed by atoms with Crippen LogP contribution in [0.25, 0.3) is 10.8 Å². The smallest absolute Gasteiger partial charge is 0.256 e. The van der Waals surface area contributed by atoms with Gasteiger partial charge in [-0.2, -0.15) is 5.10 Å². The molecule has 3 aromatic carbocycles. The van der Waals surface area contributed by atoms with Crippen LogP contribution in [-0.4, -0.2) is 22.3 Å². The van der Waals surface area contributed by atoms with Gasteiger partial charge in [0.2, 0.25) is 0 Å². The van der Waals surface area contributed by atoms with Gasteiger partial charge in [-0.05, 0) is 47.5 Å². The number of nitrogens with zero attached hydrogens (tertiary/aromatic N) is 2. The number of hydrogen-bond acceptors (Lipinski definition) is 3. The van der Waals surface area contributed by atoms with E-state index >= 15 is 0 Å². The van der Waals surface area contributed by atoms with Crippen molar-refractivity contribution >= 4 is 22.5 Å². The van der Waals surface area contributed by atoms with Gasteiger partial charge in [0.05, 0.1) is 13.2 Å². The van der Waals surface area contributed by atoms with Gasteiger partial charge in [-0.25, -0.2) is 0 Å². The third-order valence-corrected chi connectivity index (χ3v) is 4.52. The zero-order chi connectivity index (χ0) is 19.3. The van der Waals surface area contributed by atoms with E-state index in [2.05, 4.69) is 40.7 Å². The summed E-state index contributed by atoms with van der Waals surface area (Å²) in [7, 11) is 0. The highest BCUT2D eigenvalue weighted by atomic mass is 16.5. The highest BCUT2D eigenvalue weighted by Crippen LogP contribution is 2.20. The van der Waals surface area contributed by atoms with Crippen molar-refractivity contribution in [2.45, 2.75) is 13.5 Å². The Morgan fingerprint density at radius 3 is 2.61 bits per heavy atom. The molecule has 140 valence electrons. The predicted octanol–water partition coefficient (Wildman–Crippen LogP) is 4.74. The Kier molecular flexibility index (Phi) is 5.06. The first-order chi connectivity index (χ1) is 13.7. The molecule has 0 saturated carbocycles. The number of benzene rings is 3. The minimum Gasteiger partial charge on any atom is -0.494 e. The Morgan fingerprint density at radius 2 is 1.79 bits per heavy atom. The van der Waals surface area contributed by atoms with Crippen molar-refractivity contribution in [1.29, 1.82) is 0 Å². The van der Waals surface area contributed by atoms with Gasteiger partial charge in [-0.3, -0.25) is 9.48 Å². The van der Waals surface area contributed by atoms with Gasteiger partial charge in [-0.1, -0.05) is 42.5 Å². The third kappa shape index (κ3) is 3.88. The fourth-order valence-electron chi connectivity index (χ4n) is 3.18. The number of anilines is 1. The lowest BCUT2D eigenvalue weighted by atomic mass is 10.0. The van der Waals surface area contributed by atoms with Crippen LogP contribution in [0.5, 0.6) is 5.75 Å². The van der Waals surface area contributed by atoms with Crippen molar-refractivity contribution < 1.29 is 9.53 Å². The lowest BCUT2D eigenvalue weighted by molar-refractivity contribution is 0.102. The number of nitrogens with one attached hydrogen (secondary N) is 1. The molecule has 0 fully saturated rings. The van der Waals surface area contributed by atoms with Crippen LogP contribution in [-0.2, 0) is 6.54 Å². The molecule has 0 aliphatic heterocycles. The van der Waals surface area contributed by atoms with Gasteiger partial charge in [0, 0.05) is 17.8 Å². The summed E-state index contributed by atoms with van der Waals surface area (Å²) in [5, 5.41) is 9.74. The summed E-state index contributed by atoms with van der Waals surface area (Å²) in [6.07, 6.45) is 1.87. The van der Waals surface area contributed by atoms with Gasteiger partial charge >= 0.3 is 0 Å². The summed E-state index contributed by atoms with van der Waals surface area (Å²) >= 11 is 0. The van der Waals surface area contributed by atoms with Crippen LogP contribution in [0.15, 0.2) is 79.0 Å². The molecule has 0 atom stereocenters. The molecular weight excluding hydrogens is 350 g/mol. The lowest BCUT2D eigenvalue weighted by Gasteiger charge is -2.07. The Morgan fingerprint density at radius 1 is 1.00 bits per heavy atom. The molecule has 4 rings (SSSR count). The van der Waals surface area contributed by atoms with Gasteiger partial charge in [-0.15, -0.1) is 0 Å². The summed E-state index contributed by atoms with van der Waals surface area (Å²) in [6.45, 7) is 3.16. The highest BCUT2D eigenvalue weighted by Gasteiger charge is 2.09. The molecule has 0 aliphatic rings. The number of aromatic nitrogens is 2. The zero-order valence-corrected chi connectivity index (χ0v) is 15.6. The SMILES string of the molecule is CCOc1ccc(C(=O)Nc2ccn(Cc3cccc4ccccc34)n2)cc1. The first-order valence-electron chi connectivity index (χ1n) is 9.27. The van der Waals surface area contributed by atoms with Gasteiger partial charge in [0.25, 0.3) is 5.91 Å². The average Bonchev–Trinajstić information content (AvgIpc) is 3.16. The van der Waals surface area contributed by atoms with Crippen LogP contribution < -0.4 is 10.1 Å². The highest BCUT2D eigenvalue weighted by molar-refractivity contribution is 6.03. The second-order valence-electron chi connectivity index (χ2n) is 6.45. The topological polar surface area (TPSA) is 56.1 Å². The van der Waals surface area contributed by atoms with Crippen molar-refractivity contribution in [2.24, 2.45) is 0 Å². The second-order valence-corrected chi connectivity index (χ2v) is 6.45.